The van der Waals surface area contributed by atoms with Crippen molar-refractivity contribution >= 4 is 11.9 Å². The summed E-state index contributed by atoms with van der Waals surface area (Å²) < 4.78 is 0. The number of aliphatic hydroxyl groups is 1. The van der Waals surface area contributed by atoms with Gasteiger partial charge in [0.1, 0.15) is 0 Å². The topological polar surface area (TPSA) is 110 Å². The molecule has 4 N–H and O–H groups in total. The number of aliphatic carboxylic acids is 1. The predicted molar refractivity (Wildman–Crippen MR) is 28.5 cm³/mol. The van der Waals surface area contributed by atoms with E-state index in [1.165, 1.54) is 0 Å². The number of hydrogen-bond donors (Lipinski definition) is 3. The Bertz CT molecular complexity index is 145. The molecule has 0 saturated heterocycles. The second kappa shape index (κ2) is 3.80. The minimum Gasteiger partial charge on any atom is -0.481 e. The molecular weight excluding hydrogens is 142 g/mol. The van der Waals surface area contributed by atoms with Gasteiger partial charge in [-0.05, 0) is 0 Å². The van der Waals surface area contributed by atoms with Gasteiger partial charge in [-0.1, -0.05) is 0 Å². The minimum absolute atomic E-state index is 0.698. The Hall–Kier alpha value is -1.14. The van der Waals surface area contributed by atoms with Crippen LogP contribution in [0.25, 0.3) is 0 Å². The van der Waals surface area contributed by atoms with Crippen molar-refractivity contribution in [1.82, 2.24) is 0 Å². The van der Waals surface area contributed by atoms with Gasteiger partial charge in [0, 0.05) is 0 Å². The summed E-state index contributed by atoms with van der Waals surface area (Å²) in [5.41, 5.74) is 0. The molecule has 0 radical (unpaired) electrons. The number of nitrogens with two attached hydrogens (primary N) is 1. The van der Waals surface area contributed by atoms with Crippen molar-refractivity contribution in [3.05, 3.63) is 0 Å². The van der Waals surface area contributed by atoms with E-state index in [-0.39, 0.29) is 0 Å². The van der Waals surface area contributed by atoms with Crippen LogP contribution in [-0.2, 0) is 14.4 Å². The number of carbonyl (C=O) groups is 2. The standard InChI is InChI=1S/C4H7NO5/c5-10-4(9)2(6)1-3(7)8/h2,6H,1,5H2,(H,7,8). The first-order valence-corrected chi connectivity index (χ1v) is 2.38. The molecule has 0 aliphatic heterocycles. The molecule has 0 rings (SSSR count). The van der Waals surface area contributed by atoms with E-state index < -0.39 is 24.5 Å². The summed E-state index contributed by atoms with van der Waals surface area (Å²) in [6.07, 6.45) is -2.38. The van der Waals surface area contributed by atoms with Gasteiger partial charge in [0.25, 0.3) is 0 Å². The average molecular weight is 149 g/mol. The van der Waals surface area contributed by atoms with E-state index in [0.717, 1.165) is 0 Å². The second-order valence-corrected chi connectivity index (χ2v) is 1.55. The highest BCUT2D eigenvalue weighted by Gasteiger charge is 2.18. The van der Waals surface area contributed by atoms with E-state index in [9.17, 15) is 9.59 Å². The zero-order valence-electron chi connectivity index (χ0n) is 4.98. The number of carboxylic acid groups (broad SMARTS) is 1. The van der Waals surface area contributed by atoms with E-state index >= 15 is 0 Å². The third-order valence-electron chi connectivity index (χ3n) is 0.756. The molecule has 0 aromatic rings. The van der Waals surface area contributed by atoms with Crippen LogP contribution < -0.4 is 5.90 Å². The molecule has 0 spiro atoms. The maximum Gasteiger partial charge on any atom is 0.353 e. The highest BCUT2D eigenvalue weighted by Crippen LogP contribution is 1.92. The average Bonchev–Trinajstić information content (AvgIpc) is 1.85. The Balaban J connectivity index is 3.72. The van der Waals surface area contributed by atoms with Crippen LogP contribution in [-0.4, -0.2) is 28.3 Å². The molecule has 1 unspecified atom stereocenters. The molecule has 0 aromatic heterocycles. The molecule has 10 heavy (non-hydrogen) atoms. The highest BCUT2D eigenvalue weighted by molar-refractivity contribution is 5.80. The summed E-state index contributed by atoms with van der Waals surface area (Å²) >= 11 is 0. The molecular formula is C4H7NO5. The summed E-state index contributed by atoms with van der Waals surface area (Å²) in [4.78, 5) is 23.6. The monoisotopic (exact) mass is 149 g/mol. The van der Waals surface area contributed by atoms with E-state index in [2.05, 4.69) is 10.7 Å². The lowest BCUT2D eigenvalue weighted by atomic mass is 10.3. The van der Waals surface area contributed by atoms with Crippen molar-refractivity contribution in [2.45, 2.75) is 12.5 Å². The fraction of sp³-hybridized carbons (Fsp3) is 0.500. The SMILES string of the molecule is NOC(=O)C(O)CC(=O)O. The third-order valence-corrected chi connectivity index (χ3v) is 0.756. The molecule has 0 saturated carbocycles. The number of carboxylic acids is 1. The molecule has 0 fully saturated rings. The molecule has 0 bridgehead atoms. The van der Waals surface area contributed by atoms with E-state index in [1.54, 1.807) is 0 Å². The second-order valence-electron chi connectivity index (χ2n) is 1.55. The zero-order valence-corrected chi connectivity index (χ0v) is 4.98. The molecule has 0 aliphatic carbocycles. The maximum atomic E-state index is 10.2. The van der Waals surface area contributed by atoms with Gasteiger partial charge in [-0.3, -0.25) is 4.79 Å². The first kappa shape index (κ1) is 8.86. The van der Waals surface area contributed by atoms with Gasteiger partial charge in [-0.25, -0.2) is 4.79 Å². The highest BCUT2D eigenvalue weighted by atomic mass is 16.7. The summed E-state index contributed by atoms with van der Waals surface area (Å²) in [5, 5.41) is 16.6. The van der Waals surface area contributed by atoms with Crippen molar-refractivity contribution in [2.24, 2.45) is 5.90 Å². The van der Waals surface area contributed by atoms with E-state index in [0.29, 0.717) is 0 Å². The Kier molecular flexibility index (Phi) is 3.37. The quantitative estimate of drug-likeness (QED) is 0.410. The maximum absolute atomic E-state index is 10.2. The number of aliphatic hydroxyl groups excluding tert-OH is 1. The Morgan fingerprint density at radius 1 is 1.60 bits per heavy atom. The van der Waals surface area contributed by atoms with Crippen LogP contribution in [0.15, 0.2) is 0 Å². The van der Waals surface area contributed by atoms with Crippen molar-refractivity contribution in [3.8, 4) is 0 Å². The number of hydrogen-bond acceptors (Lipinski definition) is 5. The summed E-state index contributed by atoms with van der Waals surface area (Å²) in [6, 6.07) is 0. The van der Waals surface area contributed by atoms with Gasteiger partial charge in [0.15, 0.2) is 6.10 Å². The van der Waals surface area contributed by atoms with Crippen molar-refractivity contribution < 1.29 is 24.6 Å². The Morgan fingerprint density at radius 2 is 2.10 bits per heavy atom. The molecule has 0 heterocycles. The number of carbonyl (C=O) groups excluding carboxylic acids is 1. The lowest BCUT2D eigenvalue weighted by Crippen LogP contribution is -2.27. The minimum atomic E-state index is -1.68. The largest absolute Gasteiger partial charge is 0.481 e. The normalized spacial score (nSPS) is 12.2. The smallest absolute Gasteiger partial charge is 0.353 e. The van der Waals surface area contributed by atoms with Crippen molar-refractivity contribution in [3.63, 3.8) is 0 Å². The summed E-state index contributed by atoms with van der Waals surface area (Å²) in [5.74, 6) is 1.90. The summed E-state index contributed by atoms with van der Waals surface area (Å²) in [7, 11) is 0. The van der Waals surface area contributed by atoms with Crippen LogP contribution in [0.5, 0.6) is 0 Å². The van der Waals surface area contributed by atoms with Crippen LogP contribution in [0.4, 0.5) is 0 Å². The lowest BCUT2D eigenvalue weighted by molar-refractivity contribution is -0.158. The molecule has 6 heteroatoms. The van der Waals surface area contributed by atoms with E-state index in [4.69, 9.17) is 10.2 Å². The predicted octanol–water partition coefficient (Wildman–Crippen LogP) is -1.76. The van der Waals surface area contributed by atoms with Gasteiger partial charge >= 0.3 is 11.9 Å². The van der Waals surface area contributed by atoms with Gasteiger partial charge in [0.2, 0.25) is 0 Å². The zero-order chi connectivity index (χ0) is 8.15. The Morgan fingerprint density at radius 3 is 2.40 bits per heavy atom. The van der Waals surface area contributed by atoms with Crippen LogP contribution in [0.3, 0.4) is 0 Å². The molecule has 6 nitrogen and oxygen atoms in total. The van der Waals surface area contributed by atoms with Crippen molar-refractivity contribution in [1.29, 1.82) is 0 Å². The fourth-order valence-corrected chi connectivity index (χ4v) is 0.327. The molecule has 58 valence electrons. The van der Waals surface area contributed by atoms with Gasteiger partial charge < -0.3 is 15.1 Å². The van der Waals surface area contributed by atoms with E-state index in [1.807, 2.05) is 0 Å². The fourth-order valence-electron chi connectivity index (χ4n) is 0.327. The van der Waals surface area contributed by atoms with Gasteiger partial charge in [-0.2, -0.15) is 5.90 Å². The Labute approximate surface area is 56.2 Å². The van der Waals surface area contributed by atoms with Gasteiger partial charge in [-0.15, -0.1) is 0 Å². The van der Waals surface area contributed by atoms with Crippen LogP contribution in [0, 0.1) is 0 Å². The first-order valence-electron chi connectivity index (χ1n) is 2.38. The summed E-state index contributed by atoms with van der Waals surface area (Å²) in [6.45, 7) is 0. The molecule has 1 atom stereocenters. The van der Waals surface area contributed by atoms with Crippen molar-refractivity contribution in [2.75, 3.05) is 0 Å². The third kappa shape index (κ3) is 3.00. The van der Waals surface area contributed by atoms with Crippen LogP contribution in [0.1, 0.15) is 6.42 Å². The van der Waals surface area contributed by atoms with Crippen LogP contribution in [0.2, 0.25) is 0 Å². The number of rotatable bonds is 3. The lowest BCUT2D eigenvalue weighted by Gasteiger charge is -2.02. The van der Waals surface area contributed by atoms with Crippen LogP contribution >= 0.6 is 0 Å². The molecule has 0 aliphatic rings. The molecule has 0 amide bonds. The molecule has 0 aromatic carbocycles. The first-order chi connectivity index (χ1) is 4.57. The van der Waals surface area contributed by atoms with Gasteiger partial charge in [0.05, 0.1) is 6.42 Å².